The summed E-state index contributed by atoms with van der Waals surface area (Å²) in [6.07, 6.45) is 0. The fourth-order valence-corrected chi connectivity index (χ4v) is 1.33. The molecule has 1 rings (SSSR count). The van der Waals surface area contributed by atoms with Gasteiger partial charge in [-0.05, 0) is 18.1 Å². The topological polar surface area (TPSA) is 50.1 Å². The van der Waals surface area contributed by atoms with Gasteiger partial charge in [-0.25, -0.2) is 0 Å². The van der Waals surface area contributed by atoms with E-state index in [0.29, 0.717) is 16.8 Å². The highest BCUT2D eigenvalue weighted by molar-refractivity contribution is 7.80. The van der Waals surface area contributed by atoms with Crippen LogP contribution >= 0.6 is 12.2 Å². The predicted octanol–water partition coefficient (Wildman–Crippen LogP) is 2.91. The third kappa shape index (κ3) is 4.73. The first kappa shape index (κ1) is 14.0. The molecule has 0 bridgehead atoms. The van der Waals surface area contributed by atoms with Crippen molar-refractivity contribution in [1.82, 2.24) is 10.5 Å². The Morgan fingerprint density at radius 2 is 2.12 bits per heavy atom. The van der Waals surface area contributed by atoms with Gasteiger partial charge in [0.1, 0.15) is 5.76 Å². The molecule has 0 fully saturated rings. The van der Waals surface area contributed by atoms with Crippen molar-refractivity contribution in [3.8, 4) is 0 Å². The molecular formula is C12H21N3OS. The highest BCUT2D eigenvalue weighted by Crippen LogP contribution is 2.24. The van der Waals surface area contributed by atoms with Crippen molar-refractivity contribution in [2.45, 2.75) is 40.0 Å². The molecule has 0 aromatic carbocycles. The van der Waals surface area contributed by atoms with E-state index in [1.807, 2.05) is 6.07 Å². The number of thiocarbonyl (C=S) groups is 1. The van der Waals surface area contributed by atoms with Crippen molar-refractivity contribution in [3.05, 3.63) is 11.8 Å². The second-order valence-electron chi connectivity index (χ2n) is 5.56. The molecule has 0 atom stereocenters. The van der Waals surface area contributed by atoms with Gasteiger partial charge in [-0.15, -0.1) is 0 Å². The molecule has 0 aliphatic rings. The van der Waals surface area contributed by atoms with Gasteiger partial charge >= 0.3 is 0 Å². The van der Waals surface area contributed by atoms with Crippen LogP contribution in [-0.4, -0.2) is 16.8 Å². The number of hydrogen-bond acceptors (Lipinski definition) is 3. The molecule has 0 radical (unpaired) electrons. The Labute approximate surface area is 108 Å². The van der Waals surface area contributed by atoms with E-state index in [1.54, 1.807) is 0 Å². The monoisotopic (exact) mass is 255 g/mol. The largest absolute Gasteiger partial charge is 0.362 e. The highest BCUT2D eigenvalue weighted by atomic mass is 32.1. The van der Waals surface area contributed by atoms with Gasteiger partial charge in [0, 0.05) is 18.0 Å². The van der Waals surface area contributed by atoms with Gasteiger partial charge in [-0.3, -0.25) is 0 Å². The van der Waals surface area contributed by atoms with Crippen LogP contribution in [0.15, 0.2) is 10.6 Å². The molecule has 17 heavy (non-hydrogen) atoms. The number of rotatable bonds is 3. The van der Waals surface area contributed by atoms with Crippen LogP contribution in [0.5, 0.6) is 0 Å². The van der Waals surface area contributed by atoms with Crippen molar-refractivity contribution in [1.29, 1.82) is 0 Å². The molecule has 0 aliphatic carbocycles. The van der Waals surface area contributed by atoms with E-state index in [2.05, 4.69) is 50.4 Å². The fourth-order valence-electron chi connectivity index (χ4n) is 1.14. The molecule has 0 amide bonds. The molecular weight excluding hydrogens is 234 g/mol. The van der Waals surface area contributed by atoms with E-state index >= 15 is 0 Å². The smallest absolute Gasteiger partial charge is 0.175 e. The van der Waals surface area contributed by atoms with E-state index in [9.17, 15) is 0 Å². The molecule has 4 nitrogen and oxygen atoms in total. The third-order valence-corrected chi connectivity index (χ3v) is 2.41. The first-order valence-corrected chi connectivity index (χ1v) is 6.22. The first-order chi connectivity index (χ1) is 7.79. The summed E-state index contributed by atoms with van der Waals surface area (Å²) in [6.45, 7) is 11.3. The van der Waals surface area contributed by atoms with Gasteiger partial charge in [0.05, 0.1) is 0 Å². The molecule has 1 aromatic heterocycles. The summed E-state index contributed by atoms with van der Waals surface area (Å²) in [6, 6.07) is 1.88. The minimum atomic E-state index is -0.0418. The van der Waals surface area contributed by atoms with Crippen LogP contribution in [0, 0.1) is 5.92 Å². The van der Waals surface area contributed by atoms with E-state index in [4.69, 9.17) is 16.7 Å². The Hall–Kier alpha value is -1.10. The molecule has 1 aromatic rings. The first-order valence-electron chi connectivity index (χ1n) is 5.81. The summed E-state index contributed by atoms with van der Waals surface area (Å²) in [7, 11) is 0. The maximum atomic E-state index is 5.26. The van der Waals surface area contributed by atoms with Crippen molar-refractivity contribution < 1.29 is 4.52 Å². The Balaban J connectivity index is 2.52. The van der Waals surface area contributed by atoms with Gasteiger partial charge in [0.15, 0.2) is 10.9 Å². The van der Waals surface area contributed by atoms with Gasteiger partial charge in [-0.1, -0.05) is 39.8 Å². The standard InChI is InChI=1S/C12H21N3OS/c1-8(2)7-13-11(17)14-10-6-9(16-15-10)12(3,4)5/h6,8H,7H2,1-5H3,(H2,13,14,15,17). The lowest BCUT2D eigenvalue weighted by Gasteiger charge is -2.12. The summed E-state index contributed by atoms with van der Waals surface area (Å²) in [5, 5.41) is 10.6. The second kappa shape index (κ2) is 5.49. The Morgan fingerprint density at radius 1 is 1.47 bits per heavy atom. The van der Waals surface area contributed by atoms with Gasteiger partial charge < -0.3 is 15.2 Å². The van der Waals surface area contributed by atoms with Crippen LogP contribution in [0.1, 0.15) is 40.4 Å². The van der Waals surface area contributed by atoms with Gasteiger partial charge in [0.2, 0.25) is 0 Å². The predicted molar refractivity (Wildman–Crippen MR) is 74.3 cm³/mol. The Kier molecular flexibility index (Phi) is 4.51. The number of nitrogens with zero attached hydrogens (tertiary/aromatic N) is 1. The SMILES string of the molecule is CC(C)CNC(=S)Nc1cc(C(C)(C)C)on1. The zero-order valence-electron chi connectivity index (χ0n) is 11.1. The lowest BCUT2D eigenvalue weighted by Crippen LogP contribution is -2.31. The molecule has 0 aliphatic heterocycles. The number of hydrogen-bond donors (Lipinski definition) is 2. The molecule has 0 saturated heterocycles. The van der Waals surface area contributed by atoms with E-state index < -0.39 is 0 Å². The number of aromatic nitrogens is 1. The van der Waals surface area contributed by atoms with Crippen LogP contribution in [0.4, 0.5) is 5.82 Å². The van der Waals surface area contributed by atoms with Crippen molar-refractivity contribution >= 4 is 23.1 Å². The van der Waals surface area contributed by atoms with Gasteiger partial charge in [-0.2, -0.15) is 0 Å². The molecule has 5 heteroatoms. The molecule has 96 valence electrons. The zero-order valence-corrected chi connectivity index (χ0v) is 11.9. The molecule has 0 unspecified atom stereocenters. The zero-order chi connectivity index (χ0) is 13.1. The van der Waals surface area contributed by atoms with E-state index in [-0.39, 0.29) is 5.41 Å². The summed E-state index contributed by atoms with van der Waals surface area (Å²) in [5.41, 5.74) is -0.0418. The van der Waals surface area contributed by atoms with Crippen LogP contribution in [0.3, 0.4) is 0 Å². The highest BCUT2D eigenvalue weighted by Gasteiger charge is 2.19. The van der Waals surface area contributed by atoms with Crippen LogP contribution in [0.25, 0.3) is 0 Å². The van der Waals surface area contributed by atoms with Crippen molar-refractivity contribution in [2.75, 3.05) is 11.9 Å². The quantitative estimate of drug-likeness (QED) is 0.813. The third-order valence-electron chi connectivity index (χ3n) is 2.16. The van der Waals surface area contributed by atoms with E-state index in [1.165, 1.54) is 0 Å². The maximum absolute atomic E-state index is 5.26. The lowest BCUT2D eigenvalue weighted by atomic mass is 9.93. The second-order valence-corrected chi connectivity index (χ2v) is 5.96. The molecule has 2 N–H and O–H groups in total. The Morgan fingerprint density at radius 3 is 2.59 bits per heavy atom. The Bertz CT molecular complexity index is 379. The average Bonchev–Trinajstić information content (AvgIpc) is 2.62. The van der Waals surface area contributed by atoms with Crippen molar-refractivity contribution in [3.63, 3.8) is 0 Å². The molecule has 1 heterocycles. The summed E-state index contributed by atoms with van der Waals surface area (Å²) >= 11 is 5.15. The normalized spacial score (nSPS) is 11.6. The lowest BCUT2D eigenvalue weighted by molar-refractivity contribution is 0.331. The number of anilines is 1. The molecule has 0 saturated carbocycles. The fraction of sp³-hybridized carbons (Fsp3) is 0.667. The summed E-state index contributed by atoms with van der Waals surface area (Å²) in [5.74, 6) is 2.04. The van der Waals surface area contributed by atoms with Crippen LogP contribution < -0.4 is 10.6 Å². The molecule has 0 spiro atoms. The van der Waals surface area contributed by atoms with E-state index in [0.717, 1.165) is 12.3 Å². The van der Waals surface area contributed by atoms with Crippen molar-refractivity contribution in [2.24, 2.45) is 5.92 Å². The van der Waals surface area contributed by atoms with Gasteiger partial charge in [0.25, 0.3) is 0 Å². The van der Waals surface area contributed by atoms with Crippen LogP contribution in [-0.2, 0) is 5.41 Å². The average molecular weight is 255 g/mol. The van der Waals surface area contributed by atoms with Crippen LogP contribution in [0.2, 0.25) is 0 Å². The maximum Gasteiger partial charge on any atom is 0.175 e. The number of nitrogens with one attached hydrogen (secondary N) is 2. The minimum Gasteiger partial charge on any atom is -0.362 e. The summed E-state index contributed by atoms with van der Waals surface area (Å²) < 4.78 is 5.26. The summed E-state index contributed by atoms with van der Waals surface area (Å²) in [4.78, 5) is 0. The minimum absolute atomic E-state index is 0.0418.